The normalized spacial score (nSPS) is 14.0. The van der Waals surface area contributed by atoms with Crippen molar-refractivity contribution in [1.29, 1.82) is 0 Å². The van der Waals surface area contributed by atoms with Gasteiger partial charge in [0.05, 0.1) is 5.41 Å². The molecule has 12 rings (SSSR count). The number of hydrogen-bond acceptors (Lipinski definition) is 1. The molecule has 0 bridgehead atoms. The zero-order valence-electron chi connectivity index (χ0n) is 34.3. The highest BCUT2D eigenvalue weighted by Crippen LogP contribution is 2.57. The van der Waals surface area contributed by atoms with Gasteiger partial charge in [0.2, 0.25) is 0 Å². The van der Waals surface area contributed by atoms with Gasteiger partial charge in [-0.25, -0.2) is 0 Å². The minimum absolute atomic E-state index is 0.126. The molecule has 10 aromatic carbocycles. The van der Waals surface area contributed by atoms with E-state index in [4.69, 9.17) is 0 Å². The summed E-state index contributed by atoms with van der Waals surface area (Å²) in [5.74, 6) is 0. The molecule has 0 radical (unpaired) electrons. The molecule has 0 saturated heterocycles. The minimum atomic E-state index is -0.497. The van der Waals surface area contributed by atoms with Crippen molar-refractivity contribution in [3.8, 4) is 33.4 Å². The topological polar surface area (TPSA) is 3.24 Å². The molecule has 0 atom stereocenters. The monoisotopic (exact) mass is 777 g/mol. The molecule has 0 N–H and O–H groups in total. The Balaban J connectivity index is 1.07. The third-order valence-corrected chi connectivity index (χ3v) is 13.7. The number of fused-ring (bicyclic) bond motifs is 8. The van der Waals surface area contributed by atoms with Gasteiger partial charge in [-0.2, -0.15) is 0 Å². The van der Waals surface area contributed by atoms with Crippen LogP contribution in [-0.2, 0) is 10.8 Å². The zero-order valence-corrected chi connectivity index (χ0v) is 34.3. The second-order valence-corrected chi connectivity index (χ2v) is 17.3. The predicted molar refractivity (Wildman–Crippen MR) is 256 cm³/mol. The van der Waals surface area contributed by atoms with Crippen LogP contribution in [0, 0.1) is 0 Å². The number of benzene rings is 10. The van der Waals surface area contributed by atoms with Crippen molar-refractivity contribution in [2.75, 3.05) is 4.90 Å². The Labute approximate surface area is 357 Å². The number of rotatable bonds is 6. The molecular weight excluding hydrogens is 735 g/mol. The third-order valence-electron chi connectivity index (χ3n) is 13.7. The Bertz CT molecular complexity index is 3270. The summed E-state index contributed by atoms with van der Waals surface area (Å²) >= 11 is 0. The highest BCUT2D eigenvalue weighted by atomic mass is 15.1. The highest BCUT2D eigenvalue weighted by molar-refractivity contribution is 6.00. The molecule has 2 aliphatic rings. The van der Waals surface area contributed by atoms with Crippen molar-refractivity contribution in [2.24, 2.45) is 0 Å². The fraction of sp³-hybridized carbons (Fsp3) is 0.0667. The molecule has 1 nitrogen and oxygen atoms in total. The Morgan fingerprint density at radius 2 is 0.770 bits per heavy atom. The molecule has 0 saturated carbocycles. The summed E-state index contributed by atoms with van der Waals surface area (Å²) in [4.78, 5) is 2.46. The number of nitrogens with zero attached hydrogens (tertiary/aromatic N) is 1. The number of anilines is 3. The van der Waals surface area contributed by atoms with Gasteiger partial charge in [-0.05, 0) is 149 Å². The maximum absolute atomic E-state index is 2.47. The summed E-state index contributed by atoms with van der Waals surface area (Å²) < 4.78 is 0. The van der Waals surface area contributed by atoms with Gasteiger partial charge in [-0.1, -0.05) is 178 Å². The quantitative estimate of drug-likeness (QED) is 0.163. The van der Waals surface area contributed by atoms with E-state index in [9.17, 15) is 0 Å². The van der Waals surface area contributed by atoms with Crippen LogP contribution in [0.5, 0.6) is 0 Å². The average Bonchev–Trinajstić information content (AvgIpc) is 3.73. The SMILES string of the molecule is CC1(C)c2cc3ccccc3cc2-c2cc3ccc(N(c4ccc(-c5ccccc5)cc4)c4ccc5c(c4)C(c4ccccc4)(c4ccccc4)c4ccccc4-5)cc3cc21. The van der Waals surface area contributed by atoms with Crippen LogP contribution in [0.3, 0.4) is 0 Å². The first-order valence-electron chi connectivity index (χ1n) is 21.4. The molecule has 0 amide bonds. The van der Waals surface area contributed by atoms with Crippen molar-refractivity contribution in [3.05, 3.63) is 258 Å². The third kappa shape index (κ3) is 5.33. The molecule has 61 heavy (non-hydrogen) atoms. The van der Waals surface area contributed by atoms with E-state index < -0.39 is 5.41 Å². The van der Waals surface area contributed by atoms with E-state index in [1.807, 2.05) is 0 Å². The summed E-state index contributed by atoms with van der Waals surface area (Å²) in [6.45, 7) is 4.77. The van der Waals surface area contributed by atoms with Crippen LogP contribution in [0.4, 0.5) is 17.1 Å². The van der Waals surface area contributed by atoms with Gasteiger partial charge in [-0.15, -0.1) is 0 Å². The van der Waals surface area contributed by atoms with Crippen molar-refractivity contribution in [3.63, 3.8) is 0 Å². The van der Waals surface area contributed by atoms with Crippen LogP contribution < -0.4 is 4.90 Å². The second-order valence-electron chi connectivity index (χ2n) is 17.3. The lowest BCUT2D eigenvalue weighted by Crippen LogP contribution is -2.28. The molecular formula is C60H43N. The molecule has 0 aliphatic heterocycles. The Hall–Kier alpha value is -7.48. The molecule has 2 aliphatic carbocycles. The molecule has 0 heterocycles. The van der Waals surface area contributed by atoms with E-state index in [1.165, 1.54) is 88.3 Å². The number of hydrogen-bond donors (Lipinski definition) is 0. The van der Waals surface area contributed by atoms with Crippen LogP contribution in [0.2, 0.25) is 0 Å². The summed E-state index contributed by atoms with van der Waals surface area (Å²) in [5, 5.41) is 5.07. The second kappa shape index (κ2) is 13.5. The molecule has 0 spiro atoms. The smallest absolute Gasteiger partial charge is 0.0714 e. The van der Waals surface area contributed by atoms with Gasteiger partial charge in [0, 0.05) is 22.5 Å². The van der Waals surface area contributed by atoms with E-state index in [2.05, 4.69) is 243 Å². The molecule has 10 aromatic rings. The average molecular weight is 778 g/mol. The predicted octanol–water partition coefficient (Wildman–Crippen LogP) is 15.8. The van der Waals surface area contributed by atoms with E-state index in [0.717, 1.165) is 17.1 Å². The van der Waals surface area contributed by atoms with Crippen LogP contribution in [0.15, 0.2) is 224 Å². The van der Waals surface area contributed by atoms with E-state index >= 15 is 0 Å². The maximum atomic E-state index is 2.47. The maximum Gasteiger partial charge on any atom is 0.0714 e. The van der Waals surface area contributed by atoms with Gasteiger partial charge in [-0.3, -0.25) is 0 Å². The molecule has 1 heteroatoms. The van der Waals surface area contributed by atoms with Gasteiger partial charge in [0.1, 0.15) is 0 Å². The fourth-order valence-electron chi connectivity index (χ4n) is 10.7. The highest BCUT2D eigenvalue weighted by Gasteiger charge is 2.46. The lowest BCUT2D eigenvalue weighted by Gasteiger charge is -2.35. The lowest BCUT2D eigenvalue weighted by molar-refractivity contribution is 0.662. The first-order valence-corrected chi connectivity index (χ1v) is 21.4. The first-order chi connectivity index (χ1) is 30.0. The van der Waals surface area contributed by atoms with Crippen molar-refractivity contribution in [2.45, 2.75) is 24.7 Å². The van der Waals surface area contributed by atoms with Crippen molar-refractivity contribution < 1.29 is 0 Å². The molecule has 0 fully saturated rings. The van der Waals surface area contributed by atoms with Crippen molar-refractivity contribution >= 4 is 38.6 Å². The van der Waals surface area contributed by atoms with E-state index in [1.54, 1.807) is 0 Å². The molecule has 0 aromatic heterocycles. The van der Waals surface area contributed by atoms with Crippen LogP contribution in [0.25, 0.3) is 54.9 Å². The van der Waals surface area contributed by atoms with E-state index in [0.29, 0.717) is 0 Å². The lowest BCUT2D eigenvalue weighted by atomic mass is 9.67. The van der Waals surface area contributed by atoms with Gasteiger partial charge >= 0.3 is 0 Å². The Morgan fingerprint density at radius 3 is 1.44 bits per heavy atom. The summed E-state index contributed by atoms with van der Waals surface area (Å²) in [6, 6.07) is 83.6. The van der Waals surface area contributed by atoms with Crippen molar-refractivity contribution in [1.82, 2.24) is 0 Å². The molecule has 0 unspecified atom stereocenters. The zero-order chi connectivity index (χ0) is 40.7. The van der Waals surface area contributed by atoms with Gasteiger partial charge in [0.25, 0.3) is 0 Å². The van der Waals surface area contributed by atoms with Crippen LogP contribution in [0.1, 0.15) is 47.2 Å². The standard InChI is InChI=1S/C60H43N/c1-59(2)56-37-43-19-13-12-18-42(43)35-53(56)54-36-44-28-31-49(34-45(44)38-57(54)59)61(48-29-26-41(27-30-48)40-16-6-3-7-17-40)50-32-33-52-51-24-14-15-25-55(51)60(58(52)39-50,46-20-8-4-9-21-46)47-22-10-5-11-23-47/h3-39H,1-2H3. The Kier molecular flexibility index (Phi) is 7.86. The van der Waals surface area contributed by atoms with E-state index in [-0.39, 0.29) is 5.41 Å². The largest absolute Gasteiger partial charge is 0.310 e. The summed E-state index contributed by atoms with van der Waals surface area (Å²) in [6.07, 6.45) is 0. The minimum Gasteiger partial charge on any atom is -0.310 e. The van der Waals surface area contributed by atoms with Gasteiger partial charge in [0.15, 0.2) is 0 Å². The van der Waals surface area contributed by atoms with Crippen LogP contribution in [-0.4, -0.2) is 0 Å². The molecule has 288 valence electrons. The summed E-state index contributed by atoms with van der Waals surface area (Å²) in [5.41, 5.74) is 18.3. The fourth-order valence-corrected chi connectivity index (χ4v) is 10.7. The summed E-state index contributed by atoms with van der Waals surface area (Å²) in [7, 11) is 0. The van der Waals surface area contributed by atoms with Crippen LogP contribution >= 0.6 is 0 Å². The first kappa shape index (κ1) is 35.5. The van der Waals surface area contributed by atoms with Gasteiger partial charge < -0.3 is 4.90 Å². The Morgan fingerprint density at radius 1 is 0.295 bits per heavy atom.